The first-order chi connectivity index (χ1) is 17.7. The molecule has 1 aromatic carbocycles. The maximum absolute atomic E-state index is 12.8. The van der Waals surface area contributed by atoms with Crippen molar-refractivity contribution in [2.75, 3.05) is 31.5 Å². The minimum Gasteiger partial charge on any atom is -0.413 e. The molecule has 0 atom stereocenters. The van der Waals surface area contributed by atoms with Gasteiger partial charge in [0.25, 0.3) is 5.91 Å². The summed E-state index contributed by atoms with van der Waals surface area (Å²) in [6.45, 7) is 10.7. The molecule has 0 unspecified atom stereocenters. The quantitative estimate of drug-likeness (QED) is 0.377. The van der Waals surface area contributed by atoms with Gasteiger partial charge in [-0.05, 0) is 61.7 Å². The zero-order chi connectivity index (χ0) is 26.1. The highest BCUT2D eigenvalue weighted by Crippen LogP contribution is 2.24. The van der Waals surface area contributed by atoms with Gasteiger partial charge in [0, 0.05) is 61.1 Å². The van der Waals surface area contributed by atoms with Crippen molar-refractivity contribution in [1.82, 2.24) is 24.8 Å². The lowest BCUT2D eigenvalue weighted by Crippen LogP contribution is -2.61. The van der Waals surface area contributed by atoms with Crippen LogP contribution in [0.4, 0.5) is 11.6 Å². The maximum Gasteiger partial charge on any atom is 0.416 e. The van der Waals surface area contributed by atoms with Gasteiger partial charge >= 0.3 is 5.76 Å². The topological polar surface area (TPSA) is 107 Å². The molecule has 2 aliphatic rings. The third-order valence-electron chi connectivity index (χ3n) is 6.81. The minimum atomic E-state index is -0.520. The van der Waals surface area contributed by atoms with Crippen molar-refractivity contribution in [2.45, 2.75) is 32.7 Å². The predicted molar refractivity (Wildman–Crippen MR) is 143 cm³/mol. The van der Waals surface area contributed by atoms with Crippen molar-refractivity contribution in [3.63, 3.8) is 0 Å². The molecular formula is C27H29ClN6O3. The zero-order valence-corrected chi connectivity index (χ0v) is 21.6. The first-order valence-electron chi connectivity index (χ1n) is 12.2. The lowest BCUT2D eigenvalue weighted by atomic mass is 10.0. The predicted octanol–water partition coefficient (Wildman–Crippen LogP) is 3.65. The van der Waals surface area contributed by atoms with Gasteiger partial charge in [0.15, 0.2) is 0 Å². The van der Waals surface area contributed by atoms with Crippen LogP contribution in [0.2, 0.25) is 5.02 Å². The van der Waals surface area contributed by atoms with E-state index in [1.807, 2.05) is 31.3 Å². The molecule has 37 heavy (non-hydrogen) atoms. The number of carbonyl (C=O) groups excluding carboxylic acids is 1. The number of anilines is 2. The molecule has 4 heterocycles. The third-order valence-corrected chi connectivity index (χ3v) is 7.03. The molecule has 1 amide bonds. The molecule has 0 radical (unpaired) electrons. The minimum absolute atomic E-state index is 0.105. The fraction of sp³-hybridized carbons (Fsp3) is 0.333. The number of nitrogens with zero attached hydrogens (tertiary/aromatic N) is 4. The maximum atomic E-state index is 12.8. The van der Waals surface area contributed by atoms with Gasteiger partial charge in [0.05, 0.1) is 11.4 Å². The molecule has 10 heteroatoms. The second kappa shape index (κ2) is 10.4. The summed E-state index contributed by atoms with van der Waals surface area (Å²) in [6.07, 6.45) is 6.85. The number of amides is 1. The van der Waals surface area contributed by atoms with Crippen molar-refractivity contribution in [2.24, 2.45) is 0 Å². The van der Waals surface area contributed by atoms with E-state index in [4.69, 9.17) is 21.0 Å². The summed E-state index contributed by atoms with van der Waals surface area (Å²) < 4.78 is 4.93. The van der Waals surface area contributed by atoms with Crippen molar-refractivity contribution in [3.05, 3.63) is 86.5 Å². The van der Waals surface area contributed by atoms with Crippen LogP contribution in [0.5, 0.6) is 0 Å². The number of likely N-dealkylation sites (tertiary alicyclic amines) is 1. The van der Waals surface area contributed by atoms with Crippen LogP contribution >= 0.6 is 11.6 Å². The van der Waals surface area contributed by atoms with Crippen molar-refractivity contribution < 1.29 is 9.21 Å². The lowest BCUT2D eigenvalue weighted by molar-refractivity contribution is -0.134. The Kier molecular flexibility index (Phi) is 6.99. The van der Waals surface area contributed by atoms with Crippen LogP contribution in [0.15, 0.2) is 51.8 Å². The Bertz CT molecular complexity index is 1420. The number of aryl methyl sites for hydroxylation is 2. The summed E-state index contributed by atoms with van der Waals surface area (Å²) in [5, 5.41) is 3.94. The van der Waals surface area contributed by atoms with E-state index in [0.29, 0.717) is 47.1 Å². The molecule has 2 N–H and O–H groups in total. The van der Waals surface area contributed by atoms with Crippen LogP contribution in [-0.2, 0) is 17.6 Å². The average molecular weight is 521 g/mol. The van der Waals surface area contributed by atoms with Gasteiger partial charge in [-0.25, -0.2) is 14.8 Å². The number of hydrogen-bond acceptors (Lipinski definition) is 7. The number of halogens is 1. The number of nitrogens with one attached hydrogen (secondary N) is 2. The standard InChI is InChI=1S/C27H29ClN6O3/c1-16-10-20(28)12-21(11-16)30-26-29-13-19-6-8-33(9-7-24(19)31-26)22-14-34(15-22)25(35)17(2)4-5-23-18(3)37-27(36)32-23/h4-5,10-13,22H,2,6-9,14-15H2,1,3H3,(H,32,36)(H,29,30,31)/b5-4-. The van der Waals surface area contributed by atoms with Gasteiger partial charge in [-0.3, -0.25) is 14.7 Å². The SMILES string of the molecule is C=C(/C=C\c1[nH]c(=O)oc1C)C(=O)N1CC(N2CCc3cnc(Nc4cc(C)cc(Cl)c4)nc3CC2)C1. The second-order valence-electron chi connectivity index (χ2n) is 9.55. The van der Waals surface area contributed by atoms with Crippen molar-refractivity contribution >= 4 is 35.2 Å². The summed E-state index contributed by atoms with van der Waals surface area (Å²) in [4.78, 5) is 40.1. The monoisotopic (exact) mass is 520 g/mol. The molecule has 192 valence electrons. The van der Waals surface area contributed by atoms with E-state index in [0.717, 1.165) is 48.4 Å². The fourth-order valence-corrected chi connectivity index (χ4v) is 5.03. The number of carbonyl (C=O) groups is 1. The van der Waals surface area contributed by atoms with E-state index in [1.54, 1.807) is 24.0 Å². The molecule has 5 rings (SSSR count). The molecule has 2 aliphatic heterocycles. The van der Waals surface area contributed by atoms with Gasteiger partial charge in [0.1, 0.15) is 5.76 Å². The largest absolute Gasteiger partial charge is 0.416 e. The van der Waals surface area contributed by atoms with E-state index >= 15 is 0 Å². The highest BCUT2D eigenvalue weighted by atomic mass is 35.5. The number of fused-ring (bicyclic) bond motifs is 1. The highest BCUT2D eigenvalue weighted by molar-refractivity contribution is 6.30. The molecule has 0 spiro atoms. The molecule has 9 nitrogen and oxygen atoms in total. The molecule has 0 bridgehead atoms. The summed E-state index contributed by atoms with van der Waals surface area (Å²) in [5.41, 5.74) is 5.05. The smallest absolute Gasteiger partial charge is 0.413 e. The summed E-state index contributed by atoms with van der Waals surface area (Å²) in [5.74, 6) is 0.413. The molecule has 0 aliphatic carbocycles. The molecule has 1 fully saturated rings. The average Bonchev–Trinajstić information content (AvgIpc) is 3.00. The number of rotatable bonds is 6. The Labute approximate surface area is 219 Å². The molecule has 3 aromatic rings. The fourth-order valence-electron chi connectivity index (χ4n) is 4.74. The van der Waals surface area contributed by atoms with Gasteiger partial charge in [-0.2, -0.15) is 0 Å². The molecular weight excluding hydrogens is 492 g/mol. The molecule has 2 aromatic heterocycles. The molecule has 1 saturated heterocycles. The van der Waals surface area contributed by atoms with Crippen molar-refractivity contribution in [3.8, 4) is 0 Å². The van der Waals surface area contributed by atoms with Crippen LogP contribution in [0.1, 0.15) is 28.3 Å². The van der Waals surface area contributed by atoms with E-state index in [1.165, 1.54) is 0 Å². The second-order valence-corrected chi connectivity index (χ2v) is 9.99. The summed E-state index contributed by atoms with van der Waals surface area (Å²) in [6, 6.07) is 6.09. The Morgan fingerprint density at radius 3 is 2.76 bits per heavy atom. The number of benzene rings is 1. The van der Waals surface area contributed by atoms with Gasteiger partial charge in [-0.15, -0.1) is 0 Å². The number of aromatic amines is 1. The first-order valence-corrected chi connectivity index (χ1v) is 12.6. The van der Waals surface area contributed by atoms with Crippen LogP contribution in [0, 0.1) is 13.8 Å². The van der Waals surface area contributed by atoms with Crippen LogP contribution in [0.3, 0.4) is 0 Å². The Morgan fingerprint density at radius 2 is 2.03 bits per heavy atom. The normalized spacial score (nSPS) is 16.4. The number of H-pyrrole nitrogens is 1. The van der Waals surface area contributed by atoms with Crippen LogP contribution < -0.4 is 11.1 Å². The summed E-state index contributed by atoms with van der Waals surface area (Å²) >= 11 is 6.18. The number of aromatic nitrogens is 3. The van der Waals surface area contributed by atoms with E-state index < -0.39 is 5.76 Å². The third kappa shape index (κ3) is 5.68. The zero-order valence-electron chi connectivity index (χ0n) is 20.9. The number of hydrogen-bond donors (Lipinski definition) is 2. The Hall–Kier alpha value is -3.69. The van der Waals surface area contributed by atoms with E-state index in [2.05, 4.69) is 26.8 Å². The highest BCUT2D eigenvalue weighted by Gasteiger charge is 2.35. The van der Waals surface area contributed by atoms with E-state index in [9.17, 15) is 9.59 Å². The Morgan fingerprint density at radius 1 is 1.24 bits per heavy atom. The van der Waals surface area contributed by atoms with Crippen LogP contribution in [0.25, 0.3) is 6.08 Å². The summed E-state index contributed by atoms with van der Waals surface area (Å²) in [7, 11) is 0. The number of oxazole rings is 1. The van der Waals surface area contributed by atoms with Gasteiger partial charge < -0.3 is 14.6 Å². The lowest BCUT2D eigenvalue weighted by Gasteiger charge is -2.45. The van der Waals surface area contributed by atoms with E-state index in [-0.39, 0.29) is 5.91 Å². The Balaban J connectivity index is 1.15. The van der Waals surface area contributed by atoms with Gasteiger partial charge in [-0.1, -0.05) is 18.2 Å². The first kappa shape index (κ1) is 25.0. The van der Waals surface area contributed by atoms with Crippen molar-refractivity contribution in [1.29, 1.82) is 0 Å². The van der Waals surface area contributed by atoms with Gasteiger partial charge in [0.2, 0.25) is 5.95 Å². The molecule has 0 saturated carbocycles. The van der Waals surface area contributed by atoms with Crippen LogP contribution in [-0.4, -0.2) is 62.9 Å².